The fourth-order valence-corrected chi connectivity index (χ4v) is 4.74. The normalized spacial score (nSPS) is 19.8. The van der Waals surface area contributed by atoms with Gasteiger partial charge in [0.1, 0.15) is 12.4 Å². The zero-order valence-electron chi connectivity index (χ0n) is 18.7. The van der Waals surface area contributed by atoms with Crippen molar-refractivity contribution in [3.05, 3.63) is 76.2 Å². The number of fused-ring (bicyclic) bond motifs is 1. The molecule has 7 nitrogen and oxygen atoms in total. The number of ketones is 1. The van der Waals surface area contributed by atoms with Crippen LogP contribution < -0.4 is 14.8 Å². The van der Waals surface area contributed by atoms with Crippen LogP contribution in [0.5, 0.6) is 11.5 Å². The van der Waals surface area contributed by atoms with Crippen LogP contribution in [0.2, 0.25) is 0 Å². The number of benzene rings is 2. The molecule has 0 saturated carbocycles. The van der Waals surface area contributed by atoms with E-state index in [4.69, 9.17) is 9.47 Å². The van der Waals surface area contributed by atoms with E-state index >= 15 is 0 Å². The zero-order valence-corrected chi connectivity index (χ0v) is 18.7. The molecule has 7 heteroatoms. The molecule has 5 rings (SSSR count). The average Bonchev–Trinajstić information content (AvgIpc) is 3.27. The predicted molar refractivity (Wildman–Crippen MR) is 121 cm³/mol. The molecule has 0 amide bonds. The second-order valence-corrected chi connectivity index (χ2v) is 8.43. The van der Waals surface area contributed by atoms with Crippen LogP contribution in [0.25, 0.3) is 0 Å². The van der Waals surface area contributed by atoms with Crippen LogP contribution in [0.15, 0.2) is 54.0 Å². The molecule has 0 saturated heterocycles. The average molecular weight is 431 g/mol. The van der Waals surface area contributed by atoms with Crippen LogP contribution in [0.1, 0.15) is 47.1 Å². The summed E-state index contributed by atoms with van der Waals surface area (Å²) in [6.45, 7) is 4.18. The molecular weight excluding hydrogens is 404 g/mol. The fraction of sp³-hybridized carbons (Fsp3) is 0.320. The summed E-state index contributed by atoms with van der Waals surface area (Å²) in [5.41, 5.74) is 6.22. The van der Waals surface area contributed by atoms with Gasteiger partial charge in [-0.05, 0) is 60.6 Å². The van der Waals surface area contributed by atoms with Gasteiger partial charge in [0, 0.05) is 17.7 Å². The molecule has 32 heavy (non-hydrogen) atoms. The van der Waals surface area contributed by atoms with Crippen LogP contribution in [0.4, 0.5) is 5.95 Å². The molecule has 0 spiro atoms. The van der Waals surface area contributed by atoms with E-state index in [9.17, 15) is 4.79 Å². The van der Waals surface area contributed by atoms with Crippen molar-refractivity contribution >= 4 is 11.7 Å². The largest absolute Gasteiger partial charge is 0.493 e. The molecule has 0 unspecified atom stereocenters. The van der Waals surface area contributed by atoms with Gasteiger partial charge in [-0.2, -0.15) is 10.1 Å². The number of rotatable bonds is 4. The highest BCUT2D eigenvalue weighted by molar-refractivity contribution is 6.00. The lowest BCUT2D eigenvalue weighted by molar-refractivity contribution is -0.116. The van der Waals surface area contributed by atoms with Crippen molar-refractivity contribution in [3.63, 3.8) is 0 Å². The lowest BCUT2D eigenvalue weighted by Gasteiger charge is -2.35. The topological polar surface area (TPSA) is 78.3 Å². The Bertz CT molecular complexity index is 1240. The van der Waals surface area contributed by atoms with Gasteiger partial charge in [-0.1, -0.05) is 24.3 Å². The van der Waals surface area contributed by atoms with Crippen LogP contribution in [0.3, 0.4) is 0 Å². The smallest absolute Gasteiger partial charge is 0.226 e. The standard InChI is InChI=1S/C25H26N4O3/c1-14-5-6-17(9-15(14)2)24-23-19(28-25-26-13-27-29(24)25)10-18(11-20(23)30)16-7-8-21(31-3)22(12-16)32-4/h5-9,12-13,18,24H,10-11H2,1-4H3,(H,26,27,28)/t18-,24+/m0/s1. The van der Waals surface area contributed by atoms with E-state index in [2.05, 4.69) is 47.4 Å². The highest BCUT2D eigenvalue weighted by Gasteiger charge is 2.39. The van der Waals surface area contributed by atoms with Crippen molar-refractivity contribution in [2.75, 3.05) is 19.5 Å². The number of nitrogens with one attached hydrogen (secondary N) is 1. The Balaban J connectivity index is 1.56. The molecular formula is C25H26N4O3. The summed E-state index contributed by atoms with van der Waals surface area (Å²) in [4.78, 5) is 17.9. The minimum atomic E-state index is -0.276. The Morgan fingerprint density at radius 2 is 1.75 bits per heavy atom. The molecule has 0 radical (unpaired) electrons. The van der Waals surface area contributed by atoms with Gasteiger partial charge in [0.25, 0.3) is 0 Å². The van der Waals surface area contributed by atoms with Gasteiger partial charge in [-0.15, -0.1) is 0 Å². The number of methoxy groups -OCH3 is 2. The maximum Gasteiger partial charge on any atom is 0.226 e. The van der Waals surface area contributed by atoms with E-state index in [0.717, 1.165) is 22.4 Å². The molecule has 2 atom stereocenters. The second kappa shape index (κ2) is 7.82. The summed E-state index contributed by atoms with van der Waals surface area (Å²) in [5, 5.41) is 7.82. The van der Waals surface area contributed by atoms with Crippen molar-refractivity contribution in [1.29, 1.82) is 0 Å². The van der Waals surface area contributed by atoms with Gasteiger partial charge in [0.05, 0.1) is 14.2 Å². The molecule has 2 aliphatic rings. The first-order valence-corrected chi connectivity index (χ1v) is 10.7. The lowest BCUT2D eigenvalue weighted by atomic mass is 9.77. The quantitative estimate of drug-likeness (QED) is 0.664. The van der Waals surface area contributed by atoms with Crippen LogP contribution in [-0.4, -0.2) is 34.8 Å². The summed E-state index contributed by atoms with van der Waals surface area (Å²) in [6, 6.07) is 11.9. The number of hydrogen-bond acceptors (Lipinski definition) is 6. The molecule has 1 aromatic heterocycles. The van der Waals surface area contributed by atoms with Gasteiger partial charge >= 0.3 is 0 Å². The van der Waals surface area contributed by atoms with Crippen LogP contribution in [-0.2, 0) is 4.79 Å². The molecule has 164 valence electrons. The maximum atomic E-state index is 13.5. The van der Waals surface area contributed by atoms with Gasteiger partial charge in [0.2, 0.25) is 5.95 Å². The number of aryl methyl sites for hydroxylation is 2. The van der Waals surface area contributed by atoms with E-state index in [-0.39, 0.29) is 17.7 Å². The van der Waals surface area contributed by atoms with Gasteiger partial charge in [-0.25, -0.2) is 4.68 Å². The van der Waals surface area contributed by atoms with Gasteiger partial charge in [0.15, 0.2) is 17.3 Å². The number of carbonyl (C=O) groups excluding carboxylic acids is 1. The summed E-state index contributed by atoms with van der Waals surface area (Å²) in [7, 11) is 3.24. The van der Waals surface area contributed by atoms with E-state index in [1.807, 2.05) is 22.9 Å². The molecule has 1 aliphatic carbocycles. The molecule has 1 aliphatic heterocycles. The number of anilines is 1. The van der Waals surface area contributed by atoms with Gasteiger partial charge in [-0.3, -0.25) is 4.79 Å². The summed E-state index contributed by atoms with van der Waals surface area (Å²) >= 11 is 0. The van der Waals surface area contributed by atoms with E-state index < -0.39 is 0 Å². The van der Waals surface area contributed by atoms with Crippen LogP contribution in [0, 0.1) is 13.8 Å². The SMILES string of the molecule is COc1ccc([C@@H]2CC(=O)C3=C(C2)Nc2ncnn2[C@@H]3c2ccc(C)c(C)c2)cc1OC. The Labute approximate surface area is 187 Å². The Morgan fingerprint density at radius 3 is 2.50 bits per heavy atom. The number of aromatic nitrogens is 3. The Kier molecular flexibility index (Phi) is 4.96. The minimum absolute atomic E-state index is 0.0448. The Morgan fingerprint density at radius 1 is 0.969 bits per heavy atom. The minimum Gasteiger partial charge on any atom is -0.493 e. The molecule has 2 heterocycles. The first-order chi connectivity index (χ1) is 15.5. The number of ether oxygens (including phenoxy) is 2. The maximum absolute atomic E-state index is 13.5. The van der Waals surface area contributed by atoms with Gasteiger partial charge < -0.3 is 14.8 Å². The number of carbonyl (C=O) groups is 1. The highest BCUT2D eigenvalue weighted by atomic mass is 16.5. The number of allylic oxidation sites excluding steroid dienone is 2. The monoisotopic (exact) mass is 430 g/mol. The summed E-state index contributed by atoms with van der Waals surface area (Å²) < 4.78 is 12.7. The third-order valence-electron chi connectivity index (χ3n) is 6.59. The molecule has 2 aromatic carbocycles. The zero-order chi connectivity index (χ0) is 22.4. The number of hydrogen-bond donors (Lipinski definition) is 1. The molecule has 1 N–H and O–H groups in total. The summed E-state index contributed by atoms with van der Waals surface area (Å²) in [5.74, 6) is 2.18. The van der Waals surface area contributed by atoms with Crippen molar-refractivity contribution in [3.8, 4) is 11.5 Å². The number of Topliss-reactive ketones (excluding diaryl/α,β-unsaturated/α-hetero) is 1. The third kappa shape index (κ3) is 3.25. The lowest BCUT2D eigenvalue weighted by Crippen LogP contribution is -2.33. The first kappa shape index (κ1) is 20.3. The molecule has 3 aromatic rings. The van der Waals surface area contributed by atoms with Crippen molar-refractivity contribution < 1.29 is 14.3 Å². The second-order valence-electron chi connectivity index (χ2n) is 8.43. The molecule has 0 bridgehead atoms. The van der Waals surface area contributed by atoms with E-state index in [1.54, 1.807) is 14.2 Å². The van der Waals surface area contributed by atoms with E-state index in [1.165, 1.54) is 17.5 Å². The third-order valence-corrected chi connectivity index (χ3v) is 6.59. The van der Waals surface area contributed by atoms with Crippen LogP contribution >= 0.6 is 0 Å². The Hall–Kier alpha value is -3.61. The van der Waals surface area contributed by atoms with Crippen molar-refractivity contribution in [2.45, 2.75) is 38.6 Å². The summed E-state index contributed by atoms with van der Waals surface area (Å²) in [6.07, 6.45) is 2.68. The highest BCUT2D eigenvalue weighted by Crippen LogP contribution is 2.45. The fourth-order valence-electron chi connectivity index (χ4n) is 4.74. The van der Waals surface area contributed by atoms with Crippen molar-refractivity contribution in [2.24, 2.45) is 0 Å². The number of nitrogens with zero attached hydrogens (tertiary/aromatic N) is 3. The first-order valence-electron chi connectivity index (χ1n) is 10.7. The molecule has 0 fully saturated rings. The van der Waals surface area contributed by atoms with Crippen molar-refractivity contribution in [1.82, 2.24) is 14.8 Å². The van der Waals surface area contributed by atoms with E-state index in [0.29, 0.717) is 30.3 Å². The predicted octanol–water partition coefficient (Wildman–Crippen LogP) is 4.33.